The van der Waals surface area contributed by atoms with Gasteiger partial charge in [-0.2, -0.15) is 0 Å². The lowest BCUT2D eigenvalue weighted by Crippen LogP contribution is -2.01. The molecule has 0 aliphatic carbocycles. The third kappa shape index (κ3) is 3.29. The summed E-state index contributed by atoms with van der Waals surface area (Å²) in [4.78, 5) is 14.8. The van der Waals surface area contributed by atoms with E-state index in [2.05, 4.69) is 10.3 Å². The molecule has 0 saturated carbocycles. The summed E-state index contributed by atoms with van der Waals surface area (Å²) in [6.07, 6.45) is 1.32. The lowest BCUT2D eigenvalue weighted by atomic mass is 10.2. The average molecular weight is 258 g/mol. The number of carboxylic acids is 1. The Hall–Kier alpha value is -2.40. The second-order valence-electron chi connectivity index (χ2n) is 3.95. The van der Waals surface area contributed by atoms with Crippen molar-refractivity contribution in [2.24, 2.45) is 0 Å². The second-order valence-corrected chi connectivity index (χ2v) is 3.95. The van der Waals surface area contributed by atoms with E-state index in [9.17, 15) is 4.79 Å². The van der Waals surface area contributed by atoms with E-state index in [0.717, 1.165) is 11.3 Å². The van der Waals surface area contributed by atoms with E-state index in [-0.39, 0.29) is 5.56 Å². The standard InChI is InChI=1S/C14H14N2O3/c1-19-9-11-4-2-3-5-12(11)16-13-7-6-10(8-15-13)14(17)18/h2-8H,9H2,1H3,(H,15,16)(H,17,18). The van der Waals surface area contributed by atoms with Crippen molar-refractivity contribution < 1.29 is 14.6 Å². The van der Waals surface area contributed by atoms with Crippen LogP contribution in [0.5, 0.6) is 0 Å². The smallest absolute Gasteiger partial charge is 0.337 e. The molecule has 0 amide bonds. The van der Waals surface area contributed by atoms with Gasteiger partial charge in [-0.05, 0) is 18.2 Å². The zero-order valence-electron chi connectivity index (χ0n) is 10.5. The monoisotopic (exact) mass is 258 g/mol. The number of carboxylic acid groups (broad SMARTS) is 1. The molecule has 0 atom stereocenters. The predicted octanol–water partition coefficient (Wildman–Crippen LogP) is 2.67. The summed E-state index contributed by atoms with van der Waals surface area (Å²) < 4.78 is 5.12. The fourth-order valence-corrected chi connectivity index (χ4v) is 1.66. The molecular weight excluding hydrogens is 244 g/mol. The number of aromatic carboxylic acids is 1. The van der Waals surface area contributed by atoms with Crippen LogP contribution in [0.2, 0.25) is 0 Å². The molecule has 0 bridgehead atoms. The van der Waals surface area contributed by atoms with Crippen LogP contribution in [0, 0.1) is 0 Å². The van der Waals surface area contributed by atoms with Crippen molar-refractivity contribution in [2.75, 3.05) is 12.4 Å². The summed E-state index contributed by atoms with van der Waals surface area (Å²) in [5.41, 5.74) is 2.06. The minimum Gasteiger partial charge on any atom is -0.478 e. The molecule has 0 radical (unpaired) electrons. The molecular formula is C14H14N2O3. The van der Waals surface area contributed by atoms with Crippen molar-refractivity contribution in [3.63, 3.8) is 0 Å². The molecule has 0 aliphatic rings. The Morgan fingerprint density at radius 1 is 1.32 bits per heavy atom. The summed E-state index contributed by atoms with van der Waals surface area (Å²) in [5, 5.41) is 11.9. The summed E-state index contributed by atoms with van der Waals surface area (Å²) >= 11 is 0. The molecule has 1 aromatic heterocycles. The van der Waals surface area contributed by atoms with E-state index in [0.29, 0.717) is 12.4 Å². The minimum absolute atomic E-state index is 0.163. The molecule has 98 valence electrons. The first-order chi connectivity index (χ1) is 9.20. The third-order valence-corrected chi connectivity index (χ3v) is 2.59. The molecule has 2 aromatic rings. The first-order valence-electron chi connectivity index (χ1n) is 5.74. The van der Waals surface area contributed by atoms with E-state index in [1.54, 1.807) is 13.2 Å². The van der Waals surface area contributed by atoms with E-state index in [1.807, 2.05) is 24.3 Å². The number of pyridine rings is 1. The predicted molar refractivity (Wildman–Crippen MR) is 71.6 cm³/mol. The van der Waals surface area contributed by atoms with Gasteiger partial charge in [0.2, 0.25) is 0 Å². The van der Waals surface area contributed by atoms with Gasteiger partial charge >= 0.3 is 5.97 Å². The van der Waals surface area contributed by atoms with Crippen molar-refractivity contribution in [1.29, 1.82) is 0 Å². The number of para-hydroxylation sites is 1. The third-order valence-electron chi connectivity index (χ3n) is 2.59. The van der Waals surface area contributed by atoms with Crippen molar-refractivity contribution in [1.82, 2.24) is 4.98 Å². The van der Waals surface area contributed by atoms with Gasteiger partial charge in [-0.15, -0.1) is 0 Å². The first kappa shape index (κ1) is 13.0. The zero-order valence-corrected chi connectivity index (χ0v) is 10.5. The van der Waals surface area contributed by atoms with Gasteiger partial charge < -0.3 is 15.2 Å². The highest BCUT2D eigenvalue weighted by molar-refractivity contribution is 5.87. The van der Waals surface area contributed by atoms with Gasteiger partial charge in [0.15, 0.2) is 0 Å². The number of hydrogen-bond acceptors (Lipinski definition) is 4. The minimum atomic E-state index is -0.987. The Balaban J connectivity index is 2.19. The number of rotatable bonds is 5. The number of ether oxygens (including phenoxy) is 1. The van der Waals surface area contributed by atoms with Crippen molar-refractivity contribution >= 4 is 17.5 Å². The Morgan fingerprint density at radius 2 is 2.11 bits per heavy atom. The number of aromatic nitrogens is 1. The first-order valence-corrected chi connectivity index (χ1v) is 5.74. The fraction of sp³-hybridized carbons (Fsp3) is 0.143. The van der Waals surface area contributed by atoms with Crippen LogP contribution < -0.4 is 5.32 Å². The summed E-state index contributed by atoms with van der Waals surface area (Å²) in [6.45, 7) is 0.496. The Labute approximate surface area is 110 Å². The van der Waals surface area contributed by atoms with E-state index < -0.39 is 5.97 Å². The van der Waals surface area contributed by atoms with Crippen LogP contribution in [0.1, 0.15) is 15.9 Å². The maximum Gasteiger partial charge on any atom is 0.337 e. The van der Waals surface area contributed by atoms with Crippen LogP contribution >= 0.6 is 0 Å². The molecule has 0 saturated heterocycles. The van der Waals surface area contributed by atoms with Crippen LogP contribution in [0.25, 0.3) is 0 Å². The highest BCUT2D eigenvalue weighted by atomic mass is 16.5. The molecule has 1 aromatic carbocycles. The largest absolute Gasteiger partial charge is 0.478 e. The van der Waals surface area contributed by atoms with Gasteiger partial charge in [0.1, 0.15) is 5.82 Å². The van der Waals surface area contributed by atoms with Gasteiger partial charge in [0, 0.05) is 24.6 Å². The molecule has 2 N–H and O–H groups in total. The summed E-state index contributed by atoms with van der Waals surface area (Å²) in [6, 6.07) is 10.9. The van der Waals surface area contributed by atoms with Crippen molar-refractivity contribution in [3.8, 4) is 0 Å². The Bertz CT molecular complexity index is 567. The number of hydrogen-bond donors (Lipinski definition) is 2. The van der Waals surface area contributed by atoms with Crippen LogP contribution in [0.3, 0.4) is 0 Å². The quantitative estimate of drug-likeness (QED) is 0.862. The molecule has 0 unspecified atom stereocenters. The van der Waals surface area contributed by atoms with Crippen LogP contribution in [0.15, 0.2) is 42.6 Å². The molecule has 0 aliphatic heterocycles. The number of methoxy groups -OCH3 is 1. The SMILES string of the molecule is COCc1ccccc1Nc1ccc(C(=O)O)cn1. The van der Waals surface area contributed by atoms with Gasteiger partial charge in [-0.1, -0.05) is 18.2 Å². The van der Waals surface area contributed by atoms with E-state index >= 15 is 0 Å². The molecule has 19 heavy (non-hydrogen) atoms. The maximum atomic E-state index is 10.7. The fourth-order valence-electron chi connectivity index (χ4n) is 1.66. The number of nitrogens with one attached hydrogen (secondary N) is 1. The summed E-state index contributed by atoms with van der Waals surface area (Å²) in [5.74, 6) is -0.396. The average Bonchev–Trinajstić information content (AvgIpc) is 2.42. The molecule has 2 rings (SSSR count). The maximum absolute atomic E-state index is 10.7. The van der Waals surface area contributed by atoms with Crippen LogP contribution in [-0.4, -0.2) is 23.2 Å². The van der Waals surface area contributed by atoms with E-state index in [1.165, 1.54) is 12.3 Å². The normalized spacial score (nSPS) is 10.2. The van der Waals surface area contributed by atoms with Crippen LogP contribution in [0.4, 0.5) is 11.5 Å². The lowest BCUT2D eigenvalue weighted by Gasteiger charge is -2.10. The highest BCUT2D eigenvalue weighted by Crippen LogP contribution is 2.20. The molecule has 5 heteroatoms. The number of nitrogens with zero attached hydrogens (tertiary/aromatic N) is 1. The Morgan fingerprint density at radius 3 is 2.74 bits per heavy atom. The molecule has 5 nitrogen and oxygen atoms in total. The van der Waals surface area contributed by atoms with Gasteiger partial charge in [-0.25, -0.2) is 9.78 Å². The zero-order chi connectivity index (χ0) is 13.7. The van der Waals surface area contributed by atoms with Gasteiger partial charge in [-0.3, -0.25) is 0 Å². The molecule has 0 spiro atoms. The van der Waals surface area contributed by atoms with Crippen LogP contribution in [-0.2, 0) is 11.3 Å². The highest BCUT2D eigenvalue weighted by Gasteiger charge is 2.05. The second kappa shape index (κ2) is 5.97. The Kier molecular flexibility index (Phi) is 4.10. The number of carbonyl (C=O) groups is 1. The lowest BCUT2D eigenvalue weighted by molar-refractivity contribution is 0.0696. The van der Waals surface area contributed by atoms with Crippen molar-refractivity contribution in [3.05, 3.63) is 53.7 Å². The topological polar surface area (TPSA) is 71.5 Å². The van der Waals surface area contributed by atoms with E-state index in [4.69, 9.17) is 9.84 Å². The molecule has 1 heterocycles. The number of benzene rings is 1. The van der Waals surface area contributed by atoms with Gasteiger partial charge in [0.05, 0.1) is 12.2 Å². The number of anilines is 2. The molecule has 0 fully saturated rings. The summed E-state index contributed by atoms with van der Waals surface area (Å²) in [7, 11) is 1.64. The van der Waals surface area contributed by atoms with Crippen molar-refractivity contribution in [2.45, 2.75) is 6.61 Å². The van der Waals surface area contributed by atoms with Gasteiger partial charge in [0.25, 0.3) is 0 Å².